The Bertz CT molecular complexity index is 562. The van der Waals surface area contributed by atoms with Crippen molar-refractivity contribution in [3.8, 4) is 0 Å². The van der Waals surface area contributed by atoms with Crippen molar-refractivity contribution in [2.45, 2.75) is 82.8 Å². The highest BCUT2D eigenvalue weighted by Crippen LogP contribution is 2.60. The maximum Gasteiger partial charge on any atom is 0.328 e. The largest absolute Gasteiger partial charge is 0.461 e. The van der Waals surface area contributed by atoms with E-state index < -0.39 is 0 Å². The van der Waals surface area contributed by atoms with Gasteiger partial charge in [-0.05, 0) is 88.4 Å². The number of hydrogen-bond donors (Lipinski definition) is 0. The second-order valence-corrected chi connectivity index (χ2v) is 9.97. The molecule has 27 heavy (non-hydrogen) atoms. The van der Waals surface area contributed by atoms with E-state index in [4.69, 9.17) is 9.47 Å². The lowest BCUT2D eigenvalue weighted by Crippen LogP contribution is -2.56. The number of carbonyl (C=O) groups is 2. The number of amides is 1. The average molecular weight is 376 g/mol. The van der Waals surface area contributed by atoms with Crippen LogP contribution in [0.1, 0.15) is 70.6 Å². The predicted octanol–water partition coefficient (Wildman–Crippen LogP) is 3.31. The number of ether oxygens (including phenoxy) is 2. The normalized spacial score (nSPS) is 43.1. The van der Waals surface area contributed by atoms with Crippen molar-refractivity contribution in [1.82, 2.24) is 4.90 Å². The van der Waals surface area contributed by atoms with Gasteiger partial charge >= 0.3 is 5.97 Å². The van der Waals surface area contributed by atoms with Crippen LogP contribution in [0, 0.1) is 23.2 Å². The first-order chi connectivity index (χ1) is 13.1. The summed E-state index contributed by atoms with van der Waals surface area (Å²) in [6.45, 7) is 1.83. The molecule has 0 spiro atoms. The van der Waals surface area contributed by atoms with Gasteiger partial charge in [0.25, 0.3) is 0 Å². The Balaban J connectivity index is 1.24. The van der Waals surface area contributed by atoms with Gasteiger partial charge in [-0.3, -0.25) is 4.79 Å². The van der Waals surface area contributed by atoms with Gasteiger partial charge in [0.15, 0.2) is 0 Å². The molecule has 6 rings (SSSR count). The molecule has 4 saturated carbocycles. The maximum absolute atomic E-state index is 13.6. The Kier molecular flexibility index (Phi) is 4.69. The van der Waals surface area contributed by atoms with Gasteiger partial charge < -0.3 is 14.4 Å². The highest BCUT2D eigenvalue weighted by atomic mass is 16.6. The minimum Gasteiger partial charge on any atom is -0.461 e. The molecule has 0 aromatic carbocycles. The van der Waals surface area contributed by atoms with Gasteiger partial charge in [0.1, 0.15) is 12.6 Å². The van der Waals surface area contributed by atoms with Gasteiger partial charge in [-0.2, -0.15) is 0 Å². The number of likely N-dealkylation sites (tertiary alicyclic amines) is 1. The summed E-state index contributed by atoms with van der Waals surface area (Å²) in [6, 6.07) is -0.367. The summed E-state index contributed by atoms with van der Waals surface area (Å²) in [5.74, 6) is 2.31. The van der Waals surface area contributed by atoms with Crippen LogP contribution in [0.25, 0.3) is 0 Å². The molecule has 6 fully saturated rings. The molecule has 0 aromatic rings. The first kappa shape index (κ1) is 18.0. The van der Waals surface area contributed by atoms with Crippen LogP contribution in [0.5, 0.6) is 0 Å². The number of esters is 1. The molecule has 1 amide bonds. The first-order valence-corrected chi connectivity index (χ1v) is 11.2. The van der Waals surface area contributed by atoms with Crippen LogP contribution in [0.3, 0.4) is 0 Å². The maximum atomic E-state index is 13.6. The predicted molar refractivity (Wildman–Crippen MR) is 99.9 cm³/mol. The van der Waals surface area contributed by atoms with Crippen LogP contribution in [0.4, 0.5) is 0 Å². The first-order valence-electron chi connectivity index (χ1n) is 11.2. The van der Waals surface area contributed by atoms with Gasteiger partial charge in [-0.1, -0.05) is 0 Å². The van der Waals surface area contributed by atoms with Crippen LogP contribution < -0.4 is 0 Å². The zero-order valence-electron chi connectivity index (χ0n) is 16.4. The molecule has 5 nitrogen and oxygen atoms in total. The molecule has 6 aliphatic rings. The minimum absolute atomic E-state index is 0.0383. The van der Waals surface area contributed by atoms with E-state index in [2.05, 4.69) is 0 Å². The van der Waals surface area contributed by atoms with E-state index in [1.807, 2.05) is 4.90 Å². The molecule has 0 aromatic heterocycles. The summed E-state index contributed by atoms with van der Waals surface area (Å²) in [6.07, 6.45) is 12.1. The van der Waals surface area contributed by atoms with Gasteiger partial charge in [0.2, 0.25) is 5.91 Å². The second-order valence-electron chi connectivity index (χ2n) is 9.97. The summed E-state index contributed by atoms with van der Waals surface area (Å²) in [5, 5.41) is 0. The molecule has 0 radical (unpaired) electrons. The van der Waals surface area contributed by atoms with E-state index in [9.17, 15) is 9.59 Å². The molecule has 2 atom stereocenters. The van der Waals surface area contributed by atoms with E-state index in [0.717, 1.165) is 82.3 Å². The molecule has 0 N–H and O–H groups in total. The van der Waals surface area contributed by atoms with E-state index in [0.29, 0.717) is 6.61 Å². The van der Waals surface area contributed by atoms with E-state index in [-0.39, 0.29) is 29.4 Å². The average Bonchev–Trinajstić information content (AvgIpc) is 3.15. The lowest BCUT2D eigenvalue weighted by atomic mass is 9.49. The quantitative estimate of drug-likeness (QED) is 0.708. The third-order valence-electron chi connectivity index (χ3n) is 7.96. The summed E-state index contributed by atoms with van der Waals surface area (Å²) >= 11 is 0. The van der Waals surface area contributed by atoms with Crippen molar-refractivity contribution in [3.63, 3.8) is 0 Å². The van der Waals surface area contributed by atoms with Gasteiger partial charge in [-0.15, -0.1) is 0 Å². The Morgan fingerprint density at radius 1 is 0.963 bits per heavy atom. The zero-order valence-corrected chi connectivity index (χ0v) is 16.4. The van der Waals surface area contributed by atoms with E-state index in [1.54, 1.807) is 0 Å². The third kappa shape index (κ3) is 3.30. The van der Waals surface area contributed by atoms with Crippen LogP contribution in [-0.2, 0) is 19.1 Å². The molecule has 2 heterocycles. The molecular weight excluding hydrogens is 342 g/mol. The topological polar surface area (TPSA) is 55.8 Å². The monoisotopic (exact) mass is 375 g/mol. The van der Waals surface area contributed by atoms with Crippen LogP contribution >= 0.6 is 0 Å². The van der Waals surface area contributed by atoms with Gasteiger partial charge in [0.05, 0.1) is 11.5 Å². The highest BCUT2D eigenvalue weighted by Gasteiger charge is 2.57. The van der Waals surface area contributed by atoms with Crippen molar-refractivity contribution in [1.29, 1.82) is 0 Å². The number of carbonyl (C=O) groups excluding carboxylic acids is 2. The van der Waals surface area contributed by atoms with Crippen molar-refractivity contribution in [2.24, 2.45) is 23.2 Å². The van der Waals surface area contributed by atoms with E-state index in [1.165, 1.54) is 19.3 Å². The fraction of sp³-hybridized carbons (Fsp3) is 0.909. The lowest BCUT2D eigenvalue weighted by molar-refractivity contribution is -0.167. The third-order valence-corrected chi connectivity index (χ3v) is 7.96. The van der Waals surface area contributed by atoms with Crippen molar-refractivity contribution in [3.05, 3.63) is 0 Å². The van der Waals surface area contributed by atoms with Gasteiger partial charge in [-0.25, -0.2) is 4.79 Å². The van der Waals surface area contributed by atoms with Crippen LogP contribution in [-0.4, -0.2) is 48.7 Å². The molecule has 2 aliphatic heterocycles. The Hall–Kier alpha value is -1.10. The molecular formula is C22H33NO4. The molecule has 2 unspecified atom stereocenters. The molecule has 5 heteroatoms. The molecule has 150 valence electrons. The lowest BCUT2D eigenvalue weighted by Gasteiger charge is -2.56. The van der Waals surface area contributed by atoms with Crippen molar-refractivity contribution < 1.29 is 19.1 Å². The summed E-state index contributed by atoms with van der Waals surface area (Å²) < 4.78 is 11.3. The SMILES string of the molecule is O=C(OCC1CCCCO1)C1CCCN1C(=O)C12CC3CC(CC(C3)C1)C2. The van der Waals surface area contributed by atoms with Crippen molar-refractivity contribution >= 4 is 11.9 Å². The zero-order chi connectivity index (χ0) is 18.4. The number of nitrogens with zero attached hydrogens (tertiary/aromatic N) is 1. The smallest absolute Gasteiger partial charge is 0.328 e. The van der Waals surface area contributed by atoms with Crippen LogP contribution in [0.2, 0.25) is 0 Å². The second kappa shape index (κ2) is 7.06. The van der Waals surface area contributed by atoms with Crippen molar-refractivity contribution in [2.75, 3.05) is 19.8 Å². The Labute approximate surface area is 162 Å². The summed E-state index contributed by atoms with van der Waals surface area (Å²) in [5.41, 5.74) is -0.163. The number of rotatable bonds is 4. The fourth-order valence-electron chi connectivity index (χ4n) is 7.14. The van der Waals surface area contributed by atoms with E-state index >= 15 is 0 Å². The highest BCUT2D eigenvalue weighted by molar-refractivity contribution is 5.89. The molecule has 4 aliphatic carbocycles. The molecule has 2 saturated heterocycles. The van der Waals surface area contributed by atoms with Crippen LogP contribution in [0.15, 0.2) is 0 Å². The Morgan fingerprint density at radius 3 is 2.30 bits per heavy atom. The summed E-state index contributed by atoms with van der Waals surface area (Å²) in [4.78, 5) is 28.3. The molecule has 4 bridgehead atoms. The standard InChI is InChI=1S/C22H33NO4/c24-20(27-14-18-4-1-2-7-26-18)19-5-3-6-23(19)21(25)22-11-15-8-16(12-22)10-17(9-15)13-22/h15-19H,1-14H2. The van der Waals surface area contributed by atoms with Gasteiger partial charge in [0, 0.05) is 13.2 Å². The summed E-state index contributed by atoms with van der Waals surface area (Å²) in [7, 11) is 0. The minimum atomic E-state index is -0.367. The number of hydrogen-bond acceptors (Lipinski definition) is 4. The Morgan fingerprint density at radius 2 is 1.67 bits per heavy atom. The fourth-order valence-corrected chi connectivity index (χ4v) is 7.14.